The normalized spacial score (nSPS) is 15.4. The van der Waals surface area contributed by atoms with Crippen LogP contribution in [0.1, 0.15) is 25.3 Å². The van der Waals surface area contributed by atoms with Crippen LogP contribution in [0.5, 0.6) is 0 Å². The van der Waals surface area contributed by atoms with Crippen LogP contribution in [0.2, 0.25) is 0 Å². The van der Waals surface area contributed by atoms with Crippen molar-refractivity contribution in [3.63, 3.8) is 0 Å². The number of halogens is 2. The summed E-state index contributed by atoms with van der Waals surface area (Å²) in [6.45, 7) is 3.50. The van der Waals surface area contributed by atoms with Crippen LogP contribution in [0.4, 0.5) is 13.6 Å². The van der Waals surface area contributed by atoms with Gasteiger partial charge in [-0.05, 0) is 37.5 Å². The fraction of sp³-hybridized carbons (Fsp3) is 0.529. The number of likely N-dealkylation sites (tertiary alicyclic amines) is 1. The average molecular weight is 355 g/mol. The molecule has 1 heterocycles. The van der Waals surface area contributed by atoms with E-state index in [0.717, 1.165) is 12.1 Å². The molecule has 0 atom stereocenters. The molecule has 2 N–H and O–H groups in total. The summed E-state index contributed by atoms with van der Waals surface area (Å²) in [5.74, 6) is -2.85. The third kappa shape index (κ3) is 5.38. The first kappa shape index (κ1) is 19.1. The van der Waals surface area contributed by atoms with Gasteiger partial charge in [0.05, 0.1) is 6.54 Å². The highest BCUT2D eigenvalue weighted by atomic mass is 19.2. The number of carbonyl (C=O) groups is 2. The van der Waals surface area contributed by atoms with E-state index in [0.29, 0.717) is 38.0 Å². The highest BCUT2D eigenvalue weighted by Gasteiger charge is 2.28. The van der Waals surface area contributed by atoms with E-state index in [1.54, 1.807) is 9.80 Å². The van der Waals surface area contributed by atoms with Crippen LogP contribution < -0.4 is 5.32 Å². The quantitative estimate of drug-likeness (QED) is 0.819. The monoisotopic (exact) mass is 355 g/mol. The van der Waals surface area contributed by atoms with Crippen molar-refractivity contribution >= 4 is 12.0 Å². The van der Waals surface area contributed by atoms with E-state index in [9.17, 15) is 18.4 Å². The number of amides is 2. The van der Waals surface area contributed by atoms with Crippen LogP contribution in [0.3, 0.4) is 0 Å². The van der Waals surface area contributed by atoms with Gasteiger partial charge in [0, 0.05) is 32.2 Å². The summed E-state index contributed by atoms with van der Waals surface area (Å²) >= 11 is 0. The second-order valence-corrected chi connectivity index (χ2v) is 6.10. The van der Waals surface area contributed by atoms with Gasteiger partial charge in [-0.1, -0.05) is 6.07 Å². The van der Waals surface area contributed by atoms with Gasteiger partial charge in [0.2, 0.25) is 0 Å². The summed E-state index contributed by atoms with van der Waals surface area (Å²) in [7, 11) is 0. The molecule has 2 rings (SSSR count). The van der Waals surface area contributed by atoms with Gasteiger partial charge >= 0.3 is 12.0 Å². The highest BCUT2D eigenvalue weighted by Crippen LogP contribution is 2.20. The SMILES string of the molecule is CCNC(=O)N1CCC(N(CC(=O)O)Cc2ccc(F)c(F)c2)CC1. The van der Waals surface area contributed by atoms with E-state index in [-0.39, 0.29) is 25.2 Å². The molecule has 1 aromatic rings. The van der Waals surface area contributed by atoms with Gasteiger partial charge in [-0.25, -0.2) is 13.6 Å². The first-order chi connectivity index (χ1) is 11.9. The number of aliphatic carboxylic acids is 1. The maximum atomic E-state index is 13.4. The van der Waals surface area contributed by atoms with Gasteiger partial charge in [0.15, 0.2) is 11.6 Å². The average Bonchev–Trinajstić information content (AvgIpc) is 2.57. The molecule has 0 radical (unpaired) electrons. The third-order valence-electron chi connectivity index (χ3n) is 4.30. The molecule has 138 valence electrons. The van der Waals surface area contributed by atoms with Gasteiger partial charge in [0.1, 0.15) is 0 Å². The second-order valence-electron chi connectivity index (χ2n) is 6.10. The number of nitrogens with zero attached hydrogens (tertiary/aromatic N) is 2. The lowest BCUT2D eigenvalue weighted by Crippen LogP contribution is -2.50. The zero-order valence-electron chi connectivity index (χ0n) is 14.2. The van der Waals surface area contributed by atoms with Crippen molar-refractivity contribution in [2.24, 2.45) is 0 Å². The summed E-state index contributed by atoms with van der Waals surface area (Å²) in [5.41, 5.74) is 0.520. The standard InChI is InChI=1S/C17H23F2N3O3/c1-2-20-17(25)21-7-5-13(6-8-21)22(11-16(23)24)10-12-3-4-14(18)15(19)9-12/h3-4,9,13H,2,5-8,10-11H2,1H3,(H,20,25)(H,23,24). The number of carboxylic acid groups (broad SMARTS) is 1. The van der Waals surface area contributed by atoms with Crippen molar-refractivity contribution in [2.45, 2.75) is 32.4 Å². The van der Waals surface area contributed by atoms with E-state index >= 15 is 0 Å². The van der Waals surface area contributed by atoms with Gasteiger partial charge in [-0.2, -0.15) is 0 Å². The molecule has 0 unspecified atom stereocenters. The molecule has 1 fully saturated rings. The topological polar surface area (TPSA) is 72.9 Å². The number of benzene rings is 1. The molecule has 0 aliphatic carbocycles. The van der Waals surface area contributed by atoms with E-state index in [1.807, 2.05) is 6.92 Å². The Kier molecular flexibility index (Phi) is 6.69. The minimum Gasteiger partial charge on any atom is -0.480 e. The fourth-order valence-corrected chi connectivity index (χ4v) is 3.06. The molecule has 8 heteroatoms. The summed E-state index contributed by atoms with van der Waals surface area (Å²) in [4.78, 5) is 26.5. The van der Waals surface area contributed by atoms with Gasteiger partial charge in [-0.3, -0.25) is 9.69 Å². The maximum Gasteiger partial charge on any atom is 0.317 e. The summed E-state index contributed by atoms with van der Waals surface area (Å²) in [5, 5.41) is 11.9. The molecule has 1 aliphatic rings. The Hall–Kier alpha value is -2.22. The van der Waals surface area contributed by atoms with Crippen molar-refractivity contribution in [1.82, 2.24) is 15.1 Å². The molecule has 0 bridgehead atoms. The molecule has 2 amide bonds. The van der Waals surface area contributed by atoms with Gasteiger partial charge < -0.3 is 15.3 Å². The maximum absolute atomic E-state index is 13.4. The van der Waals surface area contributed by atoms with Crippen molar-refractivity contribution in [3.05, 3.63) is 35.4 Å². The minimum absolute atomic E-state index is 0.0325. The third-order valence-corrected chi connectivity index (χ3v) is 4.30. The van der Waals surface area contributed by atoms with Crippen LogP contribution in [0.15, 0.2) is 18.2 Å². The lowest BCUT2D eigenvalue weighted by atomic mass is 10.0. The zero-order chi connectivity index (χ0) is 18.4. The first-order valence-electron chi connectivity index (χ1n) is 8.33. The lowest BCUT2D eigenvalue weighted by molar-refractivity contribution is -0.139. The predicted octanol–water partition coefficient (Wildman–Crippen LogP) is 2.05. The number of carbonyl (C=O) groups excluding carboxylic acids is 1. The minimum atomic E-state index is -0.978. The molecule has 25 heavy (non-hydrogen) atoms. The molecule has 0 spiro atoms. The molecule has 6 nitrogen and oxygen atoms in total. The largest absolute Gasteiger partial charge is 0.480 e. The lowest BCUT2D eigenvalue weighted by Gasteiger charge is -2.37. The zero-order valence-corrected chi connectivity index (χ0v) is 14.2. The first-order valence-corrected chi connectivity index (χ1v) is 8.33. The van der Waals surface area contributed by atoms with E-state index in [1.165, 1.54) is 6.07 Å². The van der Waals surface area contributed by atoms with Crippen molar-refractivity contribution in [3.8, 4) is 0 Å². The van der Waals surface area contributed by atoms with Crippen LogP contribution in [-0.2, 0) is 11.3 Å². The Morgan fingerprint density at radius 1 is 1.28 bits per heavy atom. The van der Waals surface area contributed by atoms with E-state index < -0.39 is 17.6 Å². The number of hydrogen-bond acceptors (Lipinski definition) is 3. The number of hydrogen-bond donors (Lipinski definition) is 2. The Labute approximate surface area is 145 Å². The Morgan fingerprint density at radius 3 is 2.52 bits per heavy atom. The number of nitrogens with one attached hydrogen (secondary N) is 1. The molecule has 1 saturated heterocycles. The summed E-state index contributed by atoms with van der Waals surface area (Å²) in [6, 6.07) is 3.44. The van der Waals surface area contributed by atoms with Crippen LogP contribution in [-0.4, -0.2) is 59.1 Å². The molecule has 1 aliphatic heterocycles. The van der Waals surface area contributed by atoms with E-state index in [4.69, 9.17) is 5.11 Å². The summed E-state index contributed by atoms with van der Waals surface area (Å²) in [6.07, 6.45) is 1.27. The predicted molar refractivity (Wildman–Crippen MR) is 88.1 cm³/mol. The number of rotatable bonds is 6. The van der Waals surface area contributed by atoms with Gasteiger partial charge in [0.25, 0.3) is 0 Å². The van der Waals surface area contributed by atoms with Crippen molar-refractivity contribution < 1.29 is 23.5 Å². The van der Waals surface area contributed by atoms with E-state index in [2.05, 4.69) is 5.32 Å². The highest BCUT2D eigenvalue weighted by molar-refractivity contribution is 5.74. The molecule has 1 aromatic carbocycles. The van der Waals surface area contributed by atoms with Crippen LogP contribution in [0, 0.1) is 11.6 Å². The number of urea groups is 1. The second kappa shape index (κ2) is 8.75. The number of piperidine rings is 1. The Balaban J connectivity index is 2.01. The summed E-state index contributed by atoms with van der Waals surface area (Å²) < 4.78 is 26.4. The fourth-order valence-electron chi connectivity index (χ4n) is 3.06. The smallest absolute Gasteiger partial charge is 0.317 e. The van der Waals surface area contributed by atoms with Crippen molar-refractivity contribution in [1.29, 1.82) is 0 Å². The van der Waals surface area contributed by atoms with Crippen LogP contribution in [0.25, 0.3) is 0 Å². The number of carboxylic acids is 1. The van der Waals surface area contributed by atoms with Crippen molar-refractivity contribution in [2.75, 3.05) is 26.2 Å². The molecule has 0 aromatic heterocycles. The Bertz CT molecular complexity index is 619. The molecular formula is C17H23F2N3O3. The van der Waals surface area contributed by atoms with Gasteiger partial charge in [-0.15, -0.1) is 0 Å². The molecule has 0 saturated carbocycles. The Morgan fingerprint density at radius 2 is 1.96 bits per heavy atom. The molecular weight excluding hydrogens is 332 g/mol. The van der Waals surface area contributed by atoms with Crippen LogP contribution >= 0.6 is 0 Å².